The van der Waals surface area contributed by atoms with Crippen LogP contribution in [0.15, 0.2) is 22.7 Å². The van der Waals surface area contributed by atoms with Gasteiger partial charge in [0.1, 0.15) is 5.54 Å². The molecule has 0 aliphatic rings. The van der Waals surface area contributed by atoms with Crippen LogP contribution in [0, 0.1) is 10.1 Å². The number of nitrogens with zero attached hydrogens (tertiary/aromatic N) is 1. The van der Waals surface area contributed by atoms with E-state index in [1.807, 2.05) is 0 Å². The molecule has 1 amide bonds. The van der Waals surface area contributed by atoms with Gasteiger partial charge in [-0.25, -0.2) is 4.79 Å². The normalized spacial score (nSPS) is 13.3. The molecule has 114 valence electrons. The van der Waals surface area contributed by atoms with Gasteiger partial charge in [0.25, 0.3) is 11.6 Å². The molecule has 0 fully saturated rings. The molecule has 0 heterocycles. The molecule has 0 saturated carbocycles. The number of hydrogen-bond acceptors (Lipinski definition) is 4. The maximum Gasteiger partial charge on any atom is 0.329 e. The number of nitro groups is 1. The van der Waals surface area contributed by atoms with Gasteiger partial charge < -0.3 is 10.4 Å². The molecule has 21 heavy (non-hydrogen) atoms. The predicted octanol–water partition coefficient (Wildman–Crippen LogP) is 2.73. The number of non-ortho nitro benzene ring substituents is 1. The number of nitro benzene ring substituents is 1. The molecule has 1 aromatic rings. The Morgan fingerprint density at radius 3 is 2.57 bits per heavy atom. The Morgan fingerprint density at radius 2 is 2.10 bits per heavy atom. The van der Waals surface area contributed by atoms with Gasteiger partial charge in [-0.1, -0.05) is 13.3 Å². The maximum absolute atomic E-state index is 12.2. The number of carboxylic acid groups (broad SMARTS) is 1. The predicted molar refractivity (Wildman–Crippen MR) is 79.2 cm³/mol. The summed E-state index contributed by atoms with van der Waals surface area (Å²) in [5.74, 6) is -1.83. The Bertz CT molecular complexity index is 590. The van der Waals surface area contributed by atoms with Gasteiger partial charge in [0.15, 0.2) is 0 Å². The van der Waals surface area contributed by atoms with Gasteiger partial charge >= 0.3 is 5.97 Å². The van der Waals surface area contributed by atoms with E-state index in [1.54, 1.807) is 6.92 Å². The van der Waals surface area contributed by atoms with E-state index in [0.717, 1.165) is 6.07 Å². The number of amides is 1. The van der Waals surface area contributed by atoms with Crippen molar-refractivity contribution in [2.24, 2.45) is 0 Å². The number of hydrogen-bond donors (Lipinski definition) is 2. The third-order valence-electron chi connectivity index (χ3n) is 3.02. The molecule has 0 saturated heterocycles. The number of nitrogens with one attached hydrogen (secondary N) is 1. The Kier molecular flexibility index (Phi) is 5.42. The molecule has 1 rings (SSSR count). The third-order valence-corrected chi connectivity index (χ3v) is 3.71. The van der Waals surface area contributed by atoms with Crippen LogP contribution in [-0.2, 0) is 4.79 Å². The lowest BCUT2D eigenvalue weighted by atomic mass is 9.95. The Balaban J connectivity index is 3.11. The second-order valence-corrected chi connectivity index (χ2v) is 5.62. The van der Waals surface area contributed by atoms with Crippen molar-refractivity contribution in [2.45, 2.75) is 32.2 Å². The van der Waals surface area contributed by atoms with Crippen molar-refractivity contribution in [2.75, 3.05) is 0 Å². The Labute approximate surface area is 129 Å². The molecule has 0 aliphatic heterocycles. The molecule has 1 unspecified atom stereocenters. The first-order chi connectivity index (χ1) is 9.71. The van der Waals surface area contributed by atoms with Crippen LogP contribution in [0.25, 0.3) is 0 Å². The van der Waals surface area contributed by atoms with Gasteiger partial charge in [-0.3, -0.25) is 14.9 Å². The van der Waals surface area contributed by atoms with Crippen molar-refractivity contribution in [1.29, 1.82) is 0 Å². The zero-order chi connectivity index (χ0) is 16.2. The van der Waals surface area contributed by atoms with Crippen molar-refractivity contribution in [1.82, 2.24) is 5.32 Å². The van der Waals surface area contributed by atoms with E-state index in [9.17, 15) is 24.8 Å². The van der Waals surface area contributed by atoms with Crippen LogP contribution >= 0.6 is 15.9 Å². The van der Waals surface area contributed by atoms with Crippen LogP contribution in [0.2, 0.25) is 0 Å². The lowest BCUT2D eigenvalue weighted by Crippen LogP contribution is -2.52. The standard InChI is InChI=1S/C13H15BrN2O5/c1-3-6-13(2,12(18)19)15-11(17)9-7-8(16(20)21)4-5-10(9)14/h4-5,7H,3,6H2,1-2H3,(H,15,17)(H,18,19). The number of carbonyl (C=O) groups excluding carboxylic acids is 1. The summed E-state index contributed by atoms with van der Waals surface area (Å²) >= 11 is 3.13. The SMILES string of the molecule is CCCC(C)(NC(=O)c1cc([N+](=O)[O-])ccc1Br)C(=O)O. The van der Waals surface area contributed by atoms with Crippen molar-refractivity contribution >= 4 is 33.5 Å². The fraction of sp³-hybridized carbons (Fsp3) is 0.385. The van der Waals surface area contributed by atoms with Crippen molar-refractivity contribution in [3.8, 4) is 0 Å². The summed E-state index contributed by atoms with van der Waals surface area (Å²) in [5, 5.41) is 22.4. The van der Waals surface area contributed by atoms with Crippen molar-refractivity contribution in [3.63, 3.8) is 0 Å². The lowest BCUT2D eigenvalue weighted by Gasteiger charge is -2.25. The monoisotopic (exact) mass is 358 g/mol. The number of carboxylic acids is 1. The first-order valence-corrected chi connectivity index (χ1v) is 7.00. The Hall–Kier alpha value is -1.96. The summed E-state index contributed by atoms with van der Waals surface area (Å²) < 4.78 is 0.356. The summed E-state index contributed by atoms with van der Waals surface area (Å²) in [6.45, 7) is 3.21. The quantitative estimate of drug-likeness (QED) is 0.600. The highest BCUT2D eigenvalue weighted by Gasteiger charge is 2.34. The summed E-state index contributed by atoms with van der Waals surface area (Å²) in [7, 11) is 0. The number of benzene rings is 1. The van der Waals surface area contributed by atoms with Gasteiger partial charge in [-0.15, -0.1) is 0 Å². The third kappa shape index (κ3) is 4.01. The summed E-state index contributed by atoms with van der Waals surface area (Å²) in [6.07, 6.45) is 0.819. The lowest BCUT2D eigenvalue weighted by molar-refractivity contribution is -0.384. The molecule has 1 atom stereocenters. The number of carbonyl (C=O) groups is 2. The van der Waals surface area contributed by atoms with Crippen LogP contribution in [0.5, 0.6) is 0 Å². The molecule has 0 bridgehead atoms. The van der Waals surface area contributed by atoms with Crippen molar-refractivity contribution in [3.05, 3.63) is 38.3 Å². The van der Waals surface area contributed by atoms with E-state index in [4.69, 9.17) is 0 Å². The smallest absolute Gasteiger partial charge is 0.329 e. The first-order valence-electron chi connectivity index (χ1n) is 6.21. The Morgan fingerprint density at radius 1 is 1.48 bits per heavy atom. The molecular weight excluding hydrogens is 344 g/mol. The first kappa shape index (κ1) is 17.1. The zero-order valence-electron chi connectivity index (χ0n) is 11.6. The number of rotatable bonds is 6. The highest BCUT2D eigenvalue weighted by Crippen LogP contribution is 2.23. The van der Waals surface area contributed by atoms with Crippen molar-refractivity contribution < 1.29 is 19.6 Å². The average Bonchev–Trinajstić information content (AvgIpc) is 2.38. The molecule has 7 nitrogen and oxygen atoms in total. The van der Waals surface area contributed by atoms with Gasteiger partial charge in [0.05, 0.1) is 10.5 Å². The van der Waals surface area contributed by atoms with Gasteiger partial charge in [-0.05, 0) is 35.3 Å². The largest absolute Gasteiger partial charge is 0.480 e. The minimum Gasteiger partial charge on any atom is -0.480 e. The van der Waals surface area contributed by atoms with Crippen LogP contribution in [0.4, 0.5) is 5.69 Å². The second-order valence-electron chi connectivity index (χ2n) is 4.76. The van der Waals surface area contributed by atoms with Crippen LogP contribution in [-0.4, -0.2) is 27.4 Å². The summed E-state index contributed by atoms with van der Waals surface area (Å²) in [6, 6.07) is 3.74. The van der Waals surface area contributed by atoms with Crippen LogP contribution in [0.1, 0.15) is 37.0 Å². The van der Waals surface area contributed by atoms with E-state index in [2.05, 4.69) is 21.2 Å². The molecule has 2 N–H and O–H groups in total. The van der Waals surface area contributed by atoms with E-state index in [0.29, 0.717) is 10.9 Å². The van der Waals surface area contributed by atoms with Gasteiger partial charge in [0.2, 0.25) is 0 Å². The van der Waals surface area contributed by atoms with E-state index >= 15 is 0 Å². The highest BCUT2D eigenvalue weighted by atomic mass is 79.9. The van der Waals surface area contributed by atoms with E-state index < -0.39 is 22.3 Å². The summed E-state index contributed by atoms with van der Waals surface area (Å²) in [5.41, 5.74) is -1.64. The van der Waals surface area contributed by atoms with Gasteiger partial charge in [-0.2, -0.15) is 0 Å². The fourth-order valence-corrected chi connectivity index (χ4v) is 2.27. The number of aliphatic carboxylic acids is 1. The second kappa shape index (κ2) is 6.66. The fourth-order valence-electron chi connectivity index (χ4n) is 1.84. The molecule has 0 radical (unpaired) electrons. The number of halogens is 1. The molecule has 0 aliphatic carbocycles. The average molecular weight is 359 g/mol. The zero-order valence-corrected chi connectivity index (χ0v) is 13.1. The summed E-state index contributed by atoms with van der Waals surface area (Å²) in [4.78, 5) is 33.6. The minimum absolute atomic E-state index is 0.0211. The highest BCUT2D eigenvalue weighted by molar-refractivity contribution is 9.10. The molecular formula is C13H15BrN2O5. The topological polar surface area (TPSA) is 110 Å². The van der Waals surface area contributed by atoms with Crippen LogP contribution < -0.4 is 5.32 Å². The molecule has 0 spiro atoms. The maximum atomic E-state index is 12.2. The molecule has 1 aromatic carbocycles. The molecule has 0 aromatic heterocycles. The van der Waals surface area contributed by atoms with Gasteiger partial charge in [0, 0.05) is 16.6 Å². The minimum atomic E-state index is -1.42. The van der Waals surface area contributed by atoms with E-state index in [1.165, 1.54) is 19.1 Å². The molecule has 8 heteroatoms. The van der Waals surface area contributed by atoms with Crippen LogP contribution in [0.3, 0.4) is 0 Å². The van der Waals surface area contributed by atoms with E-state index in [-0.39, 0.29) is 17.7 Å².